The summed E-state index contributed by atoms with van der Waals surface area (Å²) in [5, 5.41) is 3.50. The summed E-state index contributed by atoms with van der Waals surface area (Å²) >= 11 is 6.21. The first kappa shape index (κ1) is 20.9. The molecule has 0 spiro atoms. The van der Waals surface area contributed by atoms with Crippen LogP contribution in [0, 0.1) is 0 Å². The molecular weight excluding hydrogens is 412 g/mol. The smallest absolute Gasteiger partial charge is 0.259 e. The number of nitrogens with zero attached hydrogens (tertiary/aromatic N) is 1. The van der Waals surface area contributed by atoms with Crippen LogP contribution in [-0.2, 0) is 17.8 Å². The topological polar surface area (TPSA) is 58.6 Å². The molecule has 31 heavy (non-hydrogen) atoms. The first-order chi connectivity index (χ1) is 14.9. The van der Waals surface area contributed by atoms with Crippen LogP contribution < -0.4 is 15.0 Å². The highest BCUT2D eigenvalue weighted by Crippen LogP contribution is 2.36. The molecule has 3 aromatic carbocycles. The van der Waals surface area contributed by atoms with E-state index >= 15 is 0 Å². The highest BCUT2D eigenvalue weighted by molar-refractivity contribution is 6.31. The second-order valence-electron chi connectivity index (χ2n) is 7.72. The molecule has 4 rings (SSSR count). The number of methoxy groups -OCH3 is 1. The number of rotatable bonds is 5. The average molecular weight is 435 g/mol. The third kappa shape index (κ3) is 3.89. The van der Waals surface area contributed by atoms with Crippen molar-refractivity contribution in [2.75, 3.05) is 12.0 Å². The van der Waals surface area contributed by atoms with E-state index in [0.717, 1.165) is 11.1 Å². The Morgan fingerprint density at radius 1 is 1.10 bits per heavy atom. The number of fused-ring (bicyclic) bond motifs is 1. The normalized spacial score (nSPS) is 17.8. The predicted octanol–water partition coefficient (Wildman–Crippen LogP) is 4.63. The Labute approximate surface area is 186 Å². The van der Waals surface area contributed by atoms with Gasteiger partial charge in [0.2, 0.25) is 5.91 Å². The van der Waals surface area contributed by atoms with Crippen LogP contribution in [0.15, 0.2) is 72.8 Å². The van der Waals surface area contributed by atoms with Gasteiger partial charge in [-0.2, -0.15) is 0 Å². The van der Waals surface area contributed by atoms with Crippen molar-refractivity contribution in [1.29, 1.82) is 0 Å². The molecule has 0 fully saturated rings. The fraction of sp³-hybridized carbons (Fsp3) is 0.200. The monoisotopic (exact) mass is 434 g/mol. The summed E-state index contributed by atoms with van der Waals surface area (Å²) in [5.41, 5.74) is 1.76. The molecule has 1 unspecified atom stereocenters. The van der Waals surface area contributed by atoms with Crippen molar-refractivity contribution in [1.82, 2.24) is 5.32 Å². The lowest BCUT2D eigenvalue weighted by Crippen LogP contribution is -2.63. The molecule has 0 aromatic heterocycles. The number of carbonyl (C=O) groups is 2. The van der Waals surface area contributed by atoms with Gasteiger partial charge in [-0.3, -0.25) is 14.5 Å². The van der Waals surface area contributed by atoms with Gasteiger partial charge in [-0.1, -0.05) is 54.1 Å². The molecule has 1 heterocycles. The van der Waals surface area contributed by atoms with E-state index in [1.807, 2.05) is 42.5 Å². The average Bonchev–Trinajstić information content (AvgIpc) is 2.77. The quantitative estimate of drug-likeness (QED) is 0.637. The van der Waals surface area contributed by atoms with Crippen LogP contribution in [0.2, 0.25) is 5.02 Å². The Morgan fingerprint density at radius 3 is 2.61 bits per heavy atom. The first-order valence-corrected chi connectivity index (χ1v) is 10.4. The Kier molecular flexibility index (Phi) is 5.70. The zero-order chi connectivity index (χ0) is 22.0. The lowest BCUT2D eigenvalue weighted by molar-refractivity contribution is -0.126. The Balaban J connectivity index is 1.71. The van der Waals surface area contributed by atoms with E-state index in [2.05, 4.69) is 5.32 Å². The standard InChI is InChI=1S/C25H23ClN2O3/c1-25(24(30)27-16-18-9-4-6-13-22(18)31-2)15-17-8-3-5-12-21(17)23(29)28(25)20-11-7-10-19(26)14-20/h3-14H,15-16H2,1-2H3,(H,27,30). The minimum Gasteiger partial charge on any atom is -0.496 e. The third-order valence-corrected chi connectivity index (χ3v) is 5.90. The molecular formula is C25H23ClN2O3. The molecule has 1 N–H and O–H groups in total. The number of benzene rings is 3. The van der Waals surface area contributed by atoms with E-state index in [9.17, 15) is 9.59 Å². The summed E-state index contributed by atoms with van der Waals surface area (Å²) in [7, 11) is 1.60. The predicted molar refractivity (Wildman–Crippen MR) is 122 cm³/mol. The number of ether oxygens (including phenoxy) is 1. The summed E-state index contributed by atoms with van der Waals surface area (Å²) in [6.45, 7) is 2.08. The molecule has 0 radical (unpaired) electrons. The maximum atomic E-state index is 13.5. The van der Waals surface area contributed by atoms with Crippen LogP contribution in [0.3, 0.4) is 0 Å². The molecule has 1 aliphatic rings. The summed E-state index contributed by atoms with van der Waals surface area (Å²) < 4.78 is 5.38. The molecule has 0 saturated heterocycles. The molecule has 3 aromatic rings. The van der Waals surface area contributed by atoms with Crippen molar-refractivity contribution >= 4 is 29.1 Å². The third-order valence-electron chi connectivity index (χ3n) is 5.67. The SMILES string of the molecule is COc1ccccc1CNC(=O)C1(C)Cc2ccccc2C(=O)N1c1cccc(Cl)c1. The van der Waals surface area contributed by atoms with Crippen molar-refractivity contribution < 1.29 is 14.3 Å². The number of hydrogen-bond donors (Lipinski definition) is 1. The van der Waals surface area contributed by atoms with Gasteiger partial charge < -0.3 is 10.1 Å². The maximum absolute atomic E-state index is 13.5. The van der Waals surface area contributed by atoms with Crippen molar-refractivity contribution in [2.45, 2.75) is 25.4 Å². The number of para-hydroxylation sites is 1. The Hall–Kier alpha value is -3.31. The molecule has 0 bridgehead atoms. The van der Waals surface area contributed by atoms with E-state index in [1.165, 1.54) is 0 Å². The number of carbonyl (C=O) groups excluding carboxylic acids is 2. The van der Waals surface area contributed by atoms with E-state index in [4.69, 9.17) is 16.3 Å². The van der Waals surface area contributed by atoms with E-state index < -0.39 is 5.54 Å². The number of hydrogen-bond acceptors (Lipinski definition) is 3. The van der Waals surface area contributed by atoms with Gasteiger partial charge in [-0.15, -0.1) is 0 Å². The highest BCUT2D eigenvalue weighted by atomic mass is 35.5. The van der Waals surface area contributed by atoms with Gasteiger partial charge in [0.05, 0.1) is 7.11 Å². The summed E-state index contributed by atoms with van der Waals surface area (Å²) in [6.07, 6.45) is 0.388. The van der Waals surface area contributed by atoms with Crippen LogP contribution >= 0.6 is 11.6 Å². The lowest BCUT2D eigenvalue weighted by Gasteiger charge is -2.44. The fourth-order valence-electron chi connectivity index (χ4n) is 4.09. The molecule has 6 heteroatoms. The summed E-state index contributed by atoms with van der Waals surface area (Å²) in [4.78, 5) is 28.6. The molecule has 5 nitrogen and oxygen atoms in total. The maximum Gasteiger partial charge on any atom is 0.259 e. The minimum atomic E-state index is -1.13. The molecule has 2 amide bonds. The molecule has 1 aliphatic heterocycles. The van der Waals surface area contributed by atoms with Gasteiger partial charge >= 0.3 is 0 Å². The van der Waals surface area contributed by atoms with Crippen molar-refractivity contribution in [3.05, 3.63) is 94.5 Å². The summed E-state index contributed by atoms with van der Waals surface area (Å²) in [6, 6.07) is 21.9. The van der Waals surface area contributed by atoms with Crippen molar-refractivity contribution in [3.8, 4) is 5.75 Å². The Bertz CT molecular complexity index is 1150. The number of nitrogens with one attached hydrogen (secondary N) is 1. The van der Waals surface area contributed by atoms with E-state index in [1.54, 1.807) is 49.3 Å². The zero-order valence-electron chi connectivity index (χ0n) is 17.4. The Morgan fingerprint density at radius 2 is 1.84 bits per heavy atom. The molecule has 1 atom stereocenters. The van der Waals surface area contributed by atoms with Gasteiger partial charge in [0.15, 0.2) is 0 Å². The van der Waals surface area contributed by atoms with Gasteiger partial charge in [0, 0.05) is 34.8 Å². The molecule has 158 valence electrons. The van der Waals surface area contributed by atoms with Gasteiger partial charge in [0.1, 0.15) is 11.3 Å². The van der Waals surface area contributed by atoms with E-state index in [0.29, 0.717) is 28.4 Å². The van der Waals surface area contributed by atoms with Crippen LogP contribution in [0.1, 0.15) is 28.4 Å². The van der Waals surface area contributed by atoms with Crippen LogP contribution in [0.25, 0.3) is 0 Å². The van der Waals surface area contributed by atoms with E-state index in [-0.39, 0.29) is 18.4 Å². The first-order valence-electron chi connectivity index (χ1n) is 10.0. The highest BCUT2D eigenvalue weighted by Gasteiger charge is 2.47. The largest absolute Gasteiger partial charge is 0.496 e. The fourth-order valence-corrected chi connectivity index (χ4v) is 4.28. The van der Waals surface area contributed by atoms with Gasteiger partial charge in [-0.25, -0.2) is 0 Å². The van der Waals surface area contributed by atoms with Crippen molar-refractivity contribution in [2.24, 2.45) is 0 Å². The minimum absolute atomic E-state index is 0.223. The number of amides is 2. The molecule has 0 aliphatic carbocycles. The second kappa shape index (κ2) is 8.44. The van der Waals surface area contributed by atoms with Crippen molar-refractivity contribution in [3.63, 3.8) is 0 Å². The second-order valence-corrected chi connectivity index (χ2v) is 8.16. The van der Waals surface area contributed by atoms with Crippen LogP contribution in [0.4, 0.5) is 5.69 Å². The van der Waals surface area contributed by atoms with Gasteiger partial charge in [-0.05, 0) is 42.8 Å². The zero-order valence-corrected chi connectivity index (χ0v) is 18.1. The van der Waals surface area contributed by atoms with Crippen LogP contribution in [0.5, 0.6) is 5.75 Å². The summed E-state index contributed by atoms with van der Waals surface area (Å²) in [5.74, 6) is 0.227. The molecule has 0 saturated carbocycles. The lowest BCUT2D eigenvalue weighted by atomic mass is 9.82. The van der Waals surface area contributed by atoms with Gasteiger partial charge in [0.25, 0.3) is 5.91 Å². The number of halogens is 1. The van der Waals surface area contributed by atoms with Crippen LogP contribution in [-0.4, -0.2) is 24.5 Å². The number of anilines is 1.